The molecule has 41 heavy (non-hydrogen) atoms. The highest BCUT2D eigenvalue weighted by Gasteiger charge is 2.51. The van der Waals surface area contributed by atoms with Gasteiger partial charge in [-0.3, -0.25) is 14.4 Å². The number of esters is 2. The van der Waals surface area contributed by atoms with Gasteiger partial charge in [-0.1, -0.05) is 35.9 Å². The average Bonchev–Trinajstić information content (AvgIpc) is 2.95. The van der Waals surface area contributed by atoms with Gasteiger partial charge in [-0.05, 0) is 84.8 Å². The molecule has 4 rings (SSSR count). The van der Waals surface area contributed by atoms with Crippen molar-refractivity contribution in [1.82, 2.24) is 9.80 Å². The van der Waals surface area contributed by atoms with Crippen LogP contribution in [0.3, 0.4) is 0 Å². The fraction of sp³-hybridized carbons (Fsp3) is 0.467. The Morgan fingerprint density at radius 1 is 1.07 bits per heavy atom. The molecule has 0 bridgehead atoms. The number of hydrogen-bond acceptors (Lipinski definition) is 6. The number of anilines is 1. The Labute approximate surface area is 253 Å². The molecule has 220 valence electrons. The molecule has 9 nitrogen and oxygen atoms in total. The van der Waals surface area contributed by atoms with E-state index in [1.165, 1.54) is 0 Å². The number of urea groups is 1. The molecule has 2 aromatic carbocycles. The first-order valence-corrected chi connectivity index (χ1v) is 15.0. The van der Waals surface area contributed by atoms with Crippen LogP contribution < -0.4 is 5.32 Å². The Bertz CT molecular complexity index is 1290. The third-order valence-electron chi connectivity index (χ3n) is 7.68. The first-order chi connectivity index (χ1) is 19.6. The lowest BCUT2D eigenvalue weighted by Gasteiger charge is -2.41. The molecule has 0 atom stereocenters. The van der Waals surface area contributed by atoms with Crippen molar-refractivity contribution in [2.75, 3.05) is 31.6 Å². The van der Waals surface area contributed by atoms with Crippen molar-refractivity contribution < 1.29 is 28.7 Å². The summed E-state index contributed by atoms with van der Waals surface area (Å²) in [5, 5.41) is 3.47. The number of carbonyl (C=O) groups excluding carboxylic acids is 4. The molecule has 1 saturated heterocycles. The standard InChI is InChI=1S/C30H35BrClN3O6/c1-4-40-27(37)30(28(38)41-5-2,16-20-14-19(3)26(32)23(31)15-20)17-25(36)34-12-10-22(11-13-34)35-18-21-8-6-7-9-24(21)33-29(35)39/h6-9,14-15,22H,4-5,10-13,16-18H2,1-3H3,(H,33,39). The zero-order valence-electron chi connectivity index (χ0n) is 23.5. The number of nitrogens with one attached hydrogen (secondary N) is 1. The van der Waals surface area contributed by atoms with E-state index in [-0.39, 0.29) is 37.6 Å². The molecule has 2 heterocycles. The van der Waals surface area contributed by atoms with Gasteiger partial charge in [0.15, 0.2) is 5.41 Å². The van der Waals surface area contributed by atoms with Crippen LogP contribution >= 0.6 is 27.5 Å². The van der Waals surface area contributed by atoms with Gasteiger partial charge in [0, 0.05) is 35.8 Å². The summed E-state index contributed by atoms with van der Waals surface area (Å²) in [5.41, 5.74) is 1.40. The highest BCUT2D eigenvalue weighted by atomic mass is 79.9. The molecule has 0 aromatic heterocycles. The largest absolute Gasteiger partial charge is 0.465 e. The SMILES string of the molecule is CCOC(=O)C(CC(=O)N1CCC(N2Cc3ccccc3NC2=O)CC1)(Cc1cc(C)c(Cl)c(Br)c1)C(=O)OCC. The molecular formula is C30H35BrClN3O6. The fourth-order valence-corrected chi connectivity index (χ4v) is 6.25. The first-order valence-electron chi connectivity index (χ1n) is 13.8. The molecule has 0 radical (unpaired) electrons. The lowest BCUT2D eigenvalue weighted by Crippen LogP contribution is -2.53. The van der Waals surface area contributed by atoms with E-state index in [1.54, 1.807) is 30.9 Å². The number of fused-ring (bicyclic) bond motifs is 1. The molecule has 0 unspecified atom stereocenters. The Morgan fingerprint density at radius 3 is 2.32 bits per heavy atom. The van der Waals surface area contributed by atoms with Crippen LogP contribution in [0.25, 0.3) is 0 Å². The molecule has 2 aliphatic heterocycles. The average molecular weight is 649 g/mol. The normalized spacial score (nSPS) is 15.7. The van der Waals surface area contributed by atoms with Crippen molar-refractivity contribution in [2.24, 2.45) is 5.41 Å². The number of piperidine rings is 1. The molecule has 11 heteroatoms. The minimum atomic E-state index is -1.86. The summed E-state index contributed by atoms with van der Waals surface area (Å²) in [4.78, 5) is 56.9. The number of nitrogens with zero attached hydrogens (tertiary/aromatic N) is 2. The molecule has 0 aliphatic carbocycles. The quantitative estimate of drug-likeness (QED) is 0.285. The molecule has 2 aliphatic rings. The minimum Gasteiger partial charge on any atom is -0.465 e. The summed E-state index contributed by atoms with van der Waals surface area (Å²) in [6.07, 6.45) is 0.677. The van der Waals surface area contributed by atoms with Crippen LogP contribution in [0.15, 0.2) is 40.9 Å². The monoisotopic (exact) mass is 647 g/mol. The maximum atomic E-state index is 13.7. The van der Waals surface area contributed by atoms with Crippen LogP contribution in [-0.4, -0.2) is 66.0 Å². The fourth-order valence-electron chi connectivity index (χ4n) is 5.54. The van der Waals surface area contributed by atoms with E-state index in [0.29, 0.717) is 47.5 Å². The lowest BCUT2D eigenvalue weighted by atomic mass is 9.77. The highest BCUT2D eigenvalue weighted by Crippen LogP contribution is 2.36. The summed E-state index contributed by atoms with van der Waals surface area (Å²) < 4.78 is 11.3. The zero-order chi connectivity index (χ0) is 29.7. The first kappa shape index (κ1) is 30.8. The number of hydrogen-bond donors (Lipinski definition) is 1. The van der Waals surface area contributed by atoms with Gasteiger partial charge in [0.25, 0.3) is 0 Å². The second-order valence-electron chi connectivity index (χ2n) is 10.4. The third-order valence-corrected chi connectivity index (χ3v) is 9.04. The maximum absolute atomic E-state index is 13.7. The van der Waals surface area contributed by atoms with Crippen LogP contribution in [0.4, 0.5) is 10.5 Å². The van der Waals surface area contributed by atoms with Crippen LogP contribution in [-0.2, 0) is 36.8 Å². The molecule has 1 fully saturated rings. The lowest BCUT2D eigenvalue weighted by molar-refractivity contribution is -0.175. The summed E-state index contributed by atoms with van der Waals surface area (Å²) in [7, 11) is 0. The number of likely N-dealkylation sites (tertiary alicyclic amines) is 1. The third kappa shape index (κ3) is 6.70. The number of benzene rings is 2. The molecule has 3 amide bonds. The summed E-state index contributed by atoms with van der Waals surface area (Å²) in [6.45, 7) is 6.50. The number of amides is 3. The molecule has 0 saturated carbocycles. The molecular weight excluding hydrogens is 614 g/mol. The number of carbonyl (C=O) groups is 4. The van der Waals surface area contributed by atoms with Crippen molar-refractivity contribution in [3.63, 3.8) is 0 Å². The minimum absolute atomic E-state index is 0.0401. The van der Waals surface area contributed by atoms with Gasteiger partial charge in [0.1, 0.15) is 0 Å². The van der Waals surface area contributed by atoms with Crippen molar-refractivity contribution in [3.05, 3.63) is 62.6 Å². The zero-order valence-corrected chi connectivity index (χ0v) is 25.8. The predicted molar refractivity (Wildman–Crippen MR) is 159 cm³/mol. The van der Waals surface area contributed by atoms with Gasteiger partial charge in [-0.15, -0.1) is 0 Å². The second kappa shape index (κ2) is 13.2. The Balaban J connectivity index is 1.53. The van der Waals surface area contributed by atoms with E-state index >= 15 is 0 Å². The van der Waals surface area contributed by atoms with Gasteiger partial charge in [0.2, 0.25) is 5.91 Å². The Kier molecular flexibility index (Phi) is 9.96. The van der Waals surface area contributed by atoms with Crippen molar-refractivity contribution in [1.29, 1.82) is 0 Å². The summed E-state index contributed by atoms with van der Waals surface area (Å²) in [5.74, 6) is -1.94. The van der Waals surface area contributed by atoms with Crippen LogP contribution in [0.5, 0.6) is 0 Å². The Morgan fingerprint density at radius 2 is 1.71 bits per heavy atom. The number of para-hydroxylation sites is 1. The number of ether oxygens (including phenoxy) is 2. The van der Waals surface area contributed by atoms with Gasteiger partial charge in [-0.2, -0.15) is 0 Å². The highest BCUT2D eigenvalue weighted by molar-refractivity contribution is 9.10. The van der Waals surface area contributed by atoms with E-state index in [4.69, 9.17) is 21.1 Å². The smallest absolute Gasteiger partial charge is 0.324 e. The van der Waals surface area contributed by atoms with Gasteiger partial charge >= 0.3 is 18.0 Å². The number of halogens is 2. The predicted octanol–water partition coefficient (Wildman–Crippen LogP) is 5.49. The van der Waals surface area contributed by atoms with Gasteiger partial charge in [-0.25, -0.2) is 4.79 Å². The van der Waals surface area contributed by atoms with Gasteiger partial charge in [0.05, 0.1) is 24.7 Å². The van der Waals surface area contributed by atoms with E-state index in [9.17, 15) is 19.2 Å². The second-order valence-corrected chi connectivity index (χ2v) is 11.6. The van der Waals surface area contributed by atoms with Crippen LogP contribution in [0, 0.1) is 12.3 Å². The van der Waals surface area contributed by atoms with E-state index in [2.05, 4.69) is 21.2 Å². The van der Waals surface area contributed by atoms with E-state index in [0.717, 1.165) is 16.8 Å². The van der Waals surface area contributed by atoms with E-state index < -0.39 is 23.8 Å². The van der Waals surface area contributed by atoms with Crippen LogP contribution in [0.1, 0.15) is 49.8 Å². The number of rotatable bonds is 9. The van der Waals surface area contributed by atoms with Gasteiger partial charge < -0.3 is 24.6 Å². The maximum Gasteiger partial charge on any atom is 0.324 e. The topological polar surface area (TPSA) is 105 Å². The van der Waals surface area contributed by atoms with Crippen molar-refractivity contribution in [2.45, 2.75) is 59.0 Å². The molecule has 2 aromatic rings. The van der Waals surface area contributed by atoms with Crippen molar-refractivity contribution in [3.8, 4) is 0 Å². The van der Waals surface area contributed by atoms with Crippen molar-refractivity contribution >= 4 is 57.1 Å². The molecule has 1 N–H and O–H groups in total. The summed E-state index contributed by atoms with van der Waals surface area (Å²) >= 11 is 9.75. The Hall–Kier alpha value is -3.11. The van der Waals surface area contributed by atoms with Crippen LogP contribution in [0.2, 0.25) is 5.02 Å². The molecule has 0 spiro atoms. The number of aryl methyl sites for hydroxylation is 1. The van der Waals surface area contributed by atoms with E-state index in [1.807, 2.05) is 36.1 Å². The summed E-state index contributed by atoms with van der Waals surface area (Å²) in [6, 6.07) is 11.0.